The van der Waals surface area contributed by atoms with Gasteiger partial charge in [-0.2, -0.15) is 0 Å². The molecule has 18 heavy (non-hydrogen) atoms. The first-order chi connectivity index (χ1) is 8.34. The van der Waals surface area contributed by atoms with Gasteiger partial charge in [-0.1, -0.05) is 6.92 Å². The smallest absolute Gasteiger partial charge is 0.335 e. The lowest BCUT2D eigenvalue weighted by Gasteiger charge is -2.34. The molecule has 0 aliphatic heterocycles. The minimum absolute atomic E-state index is 0.0513. The molecule has 0 atom stereocenters. The molecular weight excluding hydrogens is 230 g/mol. The van der Waals surface area contributed by atoms with Crippen LogP contribution < -0.4 is 4.74 Å². The number of aromatic carboxylic acids is 1. The zero-order valence-electron chi connectivity index (χ0n) is 11.4. The Morgan fingerprint density at radius 1 is 1.28 bits per heavy atom. The highest BCUT2D eigenvalue weighted by molar-refractivity contribution is 5.87. The fourth-order valence-corrected chi connectivity index (χ4v) is 1.61. The summed E-state index contributed by atoms with van der Waals surface area (Å²) < 4.78 is 5.65. The molecular formula is C14H21NO3. The predicted molar refractivity (Wildman–Crippen MR) is 71.0 cm³/mol. The lowest BCUT2D eigenvalue weighted by molar-refractivity contribution is 0.0524. The first-order valence-electron chi connectivity index (χ1n) is 6.06. The summed E-state index contributed by atoms with van der Waals surface area (Å²) >= 11 is 0. The molecule has 0 aliphatic rings. The zero-order valence-corrected chi connectivity index (χ0v) is 11.4. The summed E-state index contributed by atoms with van der Waals surface area (Å²) in [5.74, 6) is -0.242. The van der Waals surface area contributed by atoms with Gasteiger partial charge in [0.15, 0.2) is 0 Å². The van der Waals surface area contributed by atoms with E-state index in [9.17, 15) is 4.79 Å². The molecule has 4 heteroatoms. The van der Waals surface area contributed by atoms with Crippen molar-refractivity contribution >= 4 is 5.97 Å². The quantitative estimate of drug-likeness (QED) is 0.817. The highest BCUT2D eigenvalue weighted by Gasteiger charge is 2.19. The molecule has 0 radical (unpaired) electrons. The van der Waals surface area contributed by atoms with Crippen molar-refractivity contribution in [2.75, 3.05) is 13.3 Å². The lowest BCUT2D eigenvalue weighted by atomic mass is 10.1. The number of hydrogen-bond donors (Lipinski definition) is 1. The summed E-state index contributed by atoms with van der Waals surface area (Å²) in [6.07, 6.45) is 0. The van der Waals surface area contributed by atoms with Gasteiger partial charge in [0.05, 0.1) is 5.56 Å². The molecule has 0 heterocycles. The Morgan fingerprint density at radius 3 is 2.22 bits per heavy atom. The number of carboxylic acids is 1. The largest absolute Gasteiger partial charge is 0.478 e. The highest BCUT2D eigenvalue weighted by atomic mass is 16.5. The van der Waals surface area contributed by atoms with Gasteiger partial charge >= 0.3 is 5.97 Å². The molecule has 1 aromatic carbocycles. The summed E-state index contributed by atoms with van der Waals surface area (Å²) in [6.45, 7) is 9.87. The molecule has 1 rings (SSSR count). The Hall–Kier alpha value is -1.55. The number of hydrogen-bond acceptors (Lipinski definition) is 3. The molecule has 0 fully saturated rings. The van der Waals surface area contributed by atoms with Crippen molar-refractivity contribution in [1.82, 2.24) is 4.90 Å². The van der Waals surface area contributed by atoms with Crippen LogP contribution in [0.2, 0.25) is 0 Å². The summed E-state index contributed by atoms with van der Waals surface area (Å²) in [7, 11) is 0. The molecule has 0 aromatic heterocycles. The second-order valence-corrected chi connectivity index (χ2v) is 5.13. The van der Waals surface area contributed by atoms with E-state index < -0.39 is 5.97 Å². The SMILES string of the molecule is CCN(COc1ccc(C(=O)O)cc1)C(C)(C)C. The van der Waals surface area contributed by atoms with E-state index in [-0.39, 0.29) is 11.1 Å². The minimum atomic E-state index is -0.925. The number of benzene rings is 1. The standard InChI is InChI=1S/C14H21NO3/c1-5-15(14(2,3)4)10-18-12-8-6-11(7-9-12)13(16)17/h6-9H,5,10H2,1-4H3,(H,16,17). The number of carbonyl (C=O) groups is 1. The van der Waals surface area contributed by atoms with Gasteiger partial charge in [-0.05, 0) is 51.6 Å². The molecule has 0 aliphatic carbocycles. The van der Waals surface area contributed by atoms with Gasteiger partial charge < -0.3 is 9.84 Å². The number of ether oxygens (including phenoxy) is 1. The van der Waals surface area contributed by atoms with Gasteiger partial charge in [0.1, 0.15) is 12.5 Å². The van der Waals surface area contributed by atoms with E-state index in [4.69, 9.17) is 9.84 Å². The third-order valence-corrected chi connectivity index (χ3v) is 2.82. The van der Waals surface area contributed by atoms with Gasteiger partial charge in [0, 0.05) is 5.54 Å². The maximum Gasteiger partial charge on any atom is 0.335 e. The van der Waals surface area contributed by atoms with Crippen molar-refractivity contribution in [2.45, 2.75) is 33.2 Å². The first-order valence-corrected chi connectivity index (χ1v) is 6.06. The normalized spacial score (nSPS) is 11.6. The Morgan fingerprint density at radius 2 is 1.83 bits per heavy atom. The number of carboxylic acid groups (broad SMARTS) is 1. The van der Waals surface area contributed by atoms with Crippen molar-refractivity contribution in [1.29, 1.82) is 0 Å². The van der Waals surface area contributed by atoms with Gasteiger partial charge in [0.25, 0.3) is 0 Å². The maximum absolute atomic E-state index is 10.7. The second-order valence-electron chi connectivity index (χ2n) is 5.13. The van der Waals surface area contributed by atoms with Crippen LogP contribution in [0.1, 0.15) is 38.1 Å². The Bertz CT molecular complexity index is 392. The van der Waals surface area contributed by atoms with Crippen LogP contribution in [0.5, 0.6) is 5.75 Å². The van der Waals surface area contributed by atoms with Crippen LogP contribution in [0.3, 0.4) is 0 Å². The van der Waals surface area contributed by atoms with Crippen LogP contribution in [0.4, 0.5) is 0 Å². The summed E-state index contributed by atoms with van der Waals surface area (Å²) in [5.41, 5.74) is 0.320. The molecule has 0 bridgehead atoms. The average Bonchev–Trinajstić information content (AvgIpc) is 2.28. The first kappa shape index (κ1) is 14.5. The number of rotatable bonds is 5. The van der Waals surface area contributed by atoms with E-state index in [0.717, 1.165) is 6.54 Å². The van der Waals surface area contributed by atoms with Crippen molar-refractivity contribution in [3.8, 4) is 5.75 Å². The molecule has 0 amide bonds. The topological polar surface area (TPSA) is 49.8 Å². The molecule has 0 saturated heterocycles. The summed E-state index contributed by atoms with van der Waals surface area (Å²) in [6, 6.07) is 6.45. The van der Waals surface area contributed by atoms with Crippen LogP contribution in [-0.2, 0) is 0 Å². The van der Waals surface area contributed by atoms with Crippen LogP contribution in [0.25, 0.3) is 0 Å². The zero-order chi connectivity index (χ0) is 13.8. The van der Waals surface area contributed by atoms with E-state index >= 15 is 0 Å². The van der Waals surface area contributed by atoms with Crippen molar-refractivity contribution < 1.29 is 14.6 Å². The van der Waals surface area contributed by atoms with Gasteiger partial charge in [-0.25, -0.2) is 4.79 Å². The van der Waals surface area contributed by atoms with Gasteiger partial charge in [-0.15, -0.1) is 0 Å². The molecule has 1 aromatic rings. The highest BCUT2D eigenvalue weighted by Crippen LogP contribution is 2.16. The Balaban J connectivity index is 2.60. The van der Waals surface area contributed by atoms with Crippen LogP contribution in [0.15, 0.2) is 24.3 Å². The molecule has 0 unspecified atom stereocenters. The number of nitrogens with zero attached hydrogens (tertiary/aromatic N) is 1. The van der Waals surface area contributed by atoms with Crippen molar-refractivity contribution in [3.63, 3.8) is 0 Å². The second kappa shape index (κ2) is 5.87. The van der Waals surface area contributed by atoms with Crippen LogP contribution in [-0.4, -0.2) is 34.8 Å². The fourth-order valence-electron chi connectivity index (χ4n) is 1.61. The minimum Gasteiger partial charge on any atom is -0.478 e. The summed E-state index contributed by atoms with van der Waals surface area (Å²) in [4.78, 5) is 12.9. The fraction of sp³-hybridized carbons (Fsp3) is 0.500. The monoisotopic (exact) mass is 251 g/mol. The van der Waals surface area contributed by atoms with E-state index in [2.05, 4.69) is 32.6 Å². The molecule has 1 N–H and O–H groups in total. The molecule has 0 saturated carbocycles. The van der Waals surface area contributed by atoms with Crippen molar-refractivity contribution in [2.24, 2.45) is 0 Å². The summed E-state index contributed by atoms with van der Waals surface area (Å²) in [5, 5.41) is 8.79. The predicted octanol–water partition coefficient (Wildman–Crippen LogP) is 2.84. The average molecular weight is 251 g/mol. The van der Waals surface area contributed by atoms with E-state index in [0.29, 0.717) is 12.5 Å². The third-order valence-electron chi connectivity index (χ3n) is 2.82. The Kier molecular flexibility index (Phi) is 4.73. The molecule has 100 valence electrons. The molecule has 4 nitrogen and oxygen atoms in total. The van der Waals surface area contributed by atoms with E-state index in [1.807, 2.05) is 0 Å². The van der Waals surface area contributed by atoms with Gasteiger partial charge in [0.2, 0.25) is 0 Å². The van der Waals surface area contributed by atoms with E-state index in [1.54, 1.807) is 24.3 Å². The van der Waals surface area contributed by atoms with Crippen molar-refractivity contribution in [3.05, 3.63) is 29.8 Å². The molecule has 0 spiro atoms. The van der Waals surface area contributed by atoms with Gasteiger partial charge in [-0.3, -0.25) is 4.90 Å². The van der Waals surface area contributed by atoms with Crippen LogP contribution >= 0.6 is 0 Å². The third kappa shape index (κ3) is 4.04. The Labute approximate surface area is 108 Å². The van der Waals surface area contributed by atoms with E-state index in [1.165, 1.54) is 0 Å². The van der Waals surface area contributed by atoms with Crippen LogP contribution in [0, 0.1) is 0 Å². The maximum atomic E-state index is 10.7. The lowest BCUT2D eigenvalue weighted by Crippen LogP contribution is -2.43.